The Bertz CT molecular complexity index is 932. The van der Waals surface area contributed by atoms with Gasteiger partial charge in [0.15, 0.2) is 0 Å². The summed E-state index contributed by atoms with van der Waals surface area (Å²) in [4.78, 5) is 21.7. The highest BCUT2D eigenvalue weighted by molar-refractivity contribution is 6.30. The summed E-state index contributed by atoms with van der Waals surface area (Å²) in [5.74, 6) is 0.758. The van der Waals surface area contributed by atoms with Crippen LogP contribution in [0.3, 0.4) is 0 Å². The van der Waals surface area contributed by atoms with Gasteiger partial charge in [-0.1, -0.05) is 35.9 Å². The lowest BCUT2D eigenvalue weighted by molar-refractivity contribution is -0.123. The summed E-state index contributed by atoms with van der Waals surface area (Å²) in [6.07, 6.45) is 0. The van der Waals surface area contributed by atoms with Gasteiger partial charge in [-0.3, -0.25) is 14.6 Å². The number of fused-ring (bicyclic) bond motifs is 3. The Balaban J connectivity index is 1.72. The van der Waals surface area contributed by atoms with E-state index in [4.69, 9.17) is 11.6 Å². The maximum absolute atomic E-state index is 13.3. The highest BCUT2D eigenvalue weighted by atomic mass is 35.5. The maximum Gasteiger partial charge on any atom is 0.251 e. The Hall–Kier alpha value is -2.37. The minimum Gasteiger partial charge on any atom is -0.308 e. The van der Waals surface area contributed by atoms with Crippen LogP contribution in [0.1, 0.15) is 11.6 Å². The van der Waals surface area contributed by atoms with Gasteiger partial charge in [0.2, 0.25) is 5.95 Å². The molecule has 0 saturated heterocycles. The summed E-state index contributed by atoms with van der Waals surface area (Å²) in [5, 5.41) is 0.664. The molecule has 25 heavy (non-hydrogen) atoms. The summed E-state index contributed by atoms with van der Waals surface area (Å²) in [7, 11) is 3.83. The molecule has 0 radical (unpaired) electrons. The van der Waals surface area contributed by atoms with E-state index in [2.05, 4.69) is 9.55 Å². The number of hydrogen-bond donors (Lipinski definition) is 0. The van der Waals surface area contributed by atoms with E-state index in [0.29, 0.717) is 11.6 Å². The van der Waals surface area contributed by atoms with Gasteiger partial charge in [0.1, 0.15) is 6.04 Å². The van der Waals surface area contributed by atoms with Crippen LogP contribution in [-0.4, -0.2) is 41.0 Å². The van der Waals surface area contributed by atoms with Crippen LogP contribution in [0.5, 0.6) is 0 Å². The van der Waals surface area contributed by atoms with Crippen molar-refractivity contribution in [3.8, 4) is 0 Å². The van der Waals surface area contributed by atoms with Crippen LogP contribution < -0.4 is 4.90 Å². The lowest BCUT2D eigenvalue weighted by atomic mass is 10.0. The molecule has 1 atom stereocenters. The second-order valence-corrected chi connectivity index (χ2v) is 6.90. The van der Waals surface area contributed by atoms with Gasteiger partial charge in [-0.05, 0) is 43.9 Å². The summed E-state index contributed by atoms with van der Waals surface area (Å²) >= 11 is 5.99. The van der Waals surface area contributed by atoms with Crippen LogP contribution in [-0.2, 0) is 11.3 Å². The molecule has 1 amide bonds. The molecular formula is C19H19ClN4O. The average molecular weight is 355 g/mol. The normalized spacial score (nSPS) is 15.0. The number of aromatic nitrogens is 2. The highest BCUT2D eigenvalue weighted by Crippen LogP contribution is 2.31. The lowest BCUT2D eigenvalue weighted by Gasteiger charge is -2.27. The summed E-state index contributed by atoms with van der Waals surface area (Å²) in [6, 6.07) is 15.1. The molecule has 0 fully saturated rings. The number of imidazole rings is 1. The fourth-order valence-corrected chi connectivity index (χ4v) is 3.58. The Labute approximate surface area is 151 Å². The standard InChI is InChI=1S/C19H19ClN4O/c1-22(2)17(13-7-9-14(20)10-8-13)18(25)24-12-11-23-16-6-4-3-5-15(16)21-19(23)24/h3-10,17H,11-12H2,1-2H3. The Morgan fingerprint density at radius 1 is 1.12 bits per heavy atom. The highest BCUT2D eigenvalue weighted by Gasteiger charge is 2.34. The first-order valence-electron chi connectivity index (χ1n) is 8.25. The van der Waals surface area contributed by atoms with Gasteiger partial charge in [0, 0.05) is 18.1 Å². The number of carbonyl (C=O) groups excluding carboxylic acids is 1. The molecular weight excluding hydrogens is 336 g/mol. The van der Waals surface area contributed by atoms with E-state index in [-0.39, 0.29) is 11.9 Å². The van der Waals surface area contributed by atoms with Crippen LogP contribution in [0.25, 0.3) is 11.0 Å². The smallest absolute Gasteiger partial charge is 0.251 e. The van der Waals surface area contributed by atoms with Crippen LogP contribution >= 0.6 is 11.6 Å². The monoisotopic (exact) mass is 354 g/mol. The van der Waals surface area contributed by atoms with E-state index in [1.54, 1.807) is 4.90 Å². The van der Waals surface area contributed by atoms with Crippen LogP contribution in [0.2, 0.25) is 5.02 Å². The van der Waals surface area contributed by atoms with Crippen molar-refractivity contribution in [3.05, 3.63) is 59.1 Å². The van der Waals surface area contributed by atoms with E-state index in [1.165, 1.54) is 0 Å². The van der Waals surface area contributed by atoms with Gasteiger partial charge in [-0.2, -0.15) is 0 Å². The molecule has 0 spiro atoms. The second-order valence-electron chi connectivity index (χ2n) is 6.46. The number of rotatable bonds is 3. The van der Waals surface area contributed by atoms with E-state index in [1.807, 2.05) is 67.5 Å². The molecule has 6 heteroatoms. The first-order valence-corrected chi connectivity index (χ1v) is 8.62. The molecule has 0 aliphatic carbocycles. The Morgan fingerprint density at radius 3 is 2.56 bits per heavy atom. The molecule has 0 saturated carbocycles. The van der Waals surface area contributed by atoms with Crippen molar-refractivity contribution in [3.63, 3.8) is 0 Å². The van der Waals surface area contributed by atoms with Gasteiger partial charge in [-0.15, -0.1) is 0 Å². The van der Waals surface area contributed by atoms with E-state index in [9.17, 15) is 4.79 Å². The van der Waals surface area contributed by atoms with Crippen molar-refractivity contribution in [1.29, 1.82) is 0 Å². The fourth-order valence-electron chi connectivity index (χ4n) is 3.45. The topological polar surface area (TPSA) is 41.4 Å². The van der Waals surface area contributed by atoms with Crippen LogP contribution in [0.15, 0.2) is 48.5 Å². The van der Waals surface area contributed by atoms with Gasteiger partial charge in [0.05, 0.1) is 11.0 Å². The SMILES string of the molecule is CN(C)C(C(=O)N1CCn2c1nc1ccccc12)c1ccc(Cl)cc1. The van der Waals surface area contributed by atoms with Gasteiger partial charge in [0.25, 0.3) is 5.91 Å². The largest absolute Gasteiger partial charge is 0.308 e. The number of amides is 1. The zero-order valence-corrected chi connectivity index (χ0v) is 14.9. The van der Waals surface area contributed by atoms with Gasteiger partial charge < -0.3 is 4.57 Å². The summed E-state index contributed by atoms with van der Waals surface area (Å²) < 4.78 is 2.11. The summed E-state index contributed by atoms with van der Waals surface area (Å²) in [6.45, 7) is 1.41. The zero-order chi connectivity index (χ0) is 17.6. The van der Waals surface area contributed by atoms with Crippen molar-refractivity contribution >= 4 is 34.5 Å². The number of anilines is 1. The minimum atomic E-state index is -0.372. The average Bonchev–Trinajstić information content (AvgIpc) is 3.15. The minimum absolute atomic E-state index is 0.0291. The third kappa shape index (κ3) is 2.69. The predicted octanol–water partition coefficient (Wildman–Crippen LogP) is 3.34. The molecule has 5 nitrogen and oxygen atoms in total. The molecule has 1 aliphatic heterocycles. The predicted molar refractivity (Wildman–Crippen MR) is 100.0 cm³/mol. The first-order chi connectivity index (χ1) is 12.1. The lowest BCUT2D eigenvalue weighted by Crippen LogP contribution is -2.40. The van der Waals surface area contributed by atoms with Crippen molar-refractivity contribution in [2.24, 2.45) is 0 Å². The number of para-hydroxylation sites is 2. The molecule has 0 bridgehead atoms. The number of likely N-dealkylation sites (N-methyl/N-ethyl adjacent to an activating group) is 1. The van der Waals surface area contributed by atoms with Gasteiger partial charge in [-0.25, -0.2) is 4.98 Å². The third-order valence-corrected chi connectivity index (χ3v) is 4.88. The number of benzene rings is 2. The van der Waals surface area contributed by atoms with Gasteiger partial charge >= 0.3 is 0 Å². The third-order valence-electron chi connectivity index (χ3n) is 4.63. The summed E-state index contributed by atoms with van der Waals surface area (Å²) in [5.41, 5.74) is 2.91. The quantitative estimate of drug-likeness (QED) is 0.724. The fraction of sp³-hybridized carbons (Fsp3) is 0.263. The van der Waals surface area contributed by atoms with E-state index >= 15 is 0 Å². The molecule has 3 aromatic rings. The molecule has 128 valence electrons. The Kier molecular flexibility index (Phi) is 3.98. The first kappa shape index (κ1) is 16.1. The van der Waals surface area contributed by atoms with Crippen molar-refractivity contribution in [1.82, 2.24) is 14.5 Å². The number of carbonyl (C=O) groups is 1. The van der Waals surface area contributed by atoms with Crippen LogP contribution in [0, 0.1) is 0 Å². The number of hydrogen-bond acceptors (Lipinski definition) is 3. The van der Waals surface area contributed by atoms with Crippen LogP contribution in [0.4, 0.5) is 5.95 Å². The number of nitrogens with zero attached hydrogens (tertiary/aromatic N) is 4. The molecule has 2 aromatic carbocycles. The Morgan fingerprint density at radius 2 is 1.84 bits per heavy atom. The van der Waals surface area contributed by atoms with Crippen molar-refractivity contribution in [2.45, 2.75) is 12.6 Å². The molecule has 1 aromatic heterocycles. The molecule has 2 heterocycles. The maximum atomic E-state index is 13.3. The molecule has 1 unspecified atom stereocenters. The zero-order valence-electron chi connectivity index (χ0n) is 14.2. The van der Waals surface area contributed by atoms with E-state index in [0.717, 1.165) is 29.1 Å². The van der Waals surface area contributed by atoms with Crippen molar-refractivity contribution < 1.29 is 4.79 Å². The molecule has 4 rings (SSSR count). The second kappa shape index (κ2) is 6.17. The molecule has 0 N–H and O–H groups in total. The molecule has 1 aliphatic rings. The van der Waals surface area contributed by atoms with E-state index < -0.39 is 0 Å². The number of halogens is 1. The van der Waals surface area contributed by atoms with Crippen molar-refractivity contribution in [2.75, 3.05) is 25.5 Å².